The molecule has 0 radical (unpaired) electrons. The van der Waals surface area contributed by atoms with E-state index in [0.29, 0.717) is 11.7 Å². The van der Waals surface area contributed by atoms with Crippen molar-refractivity contribution in [3.8, 4) is 0 Å². The number of fused-ring (bicyclic) bond motifs is 1. The van der Waals surface area contributed by atoms with Crippen LogP contribution < -0.4 is 0 Å². The van der Waals surface area contributed by atoms with Crippen LogP contribution in [0.4, 0.5) is 4.39 Å². The Bertz CT molecular complexity index is 490. The maximum absolute atomic E-state index is 13.3. The van der Waals surface area contributed by atoms with Crippen molar-refractivity contribution in [2.24, 2.45) is 0 Å². The lowest BCUT2D eigenvalue weighted by Gasteiger charge is -2.04. The third kappa shape index (κ3) is 1.23. The molecule has 72 valence electrons. The lowest BCUT2D eigenvalue weighted by molar-refractivity contribution is 0.112. The van der Waals surface area contributed by atoms with E-state index < -0.39 is 12.4 Å². The Morgan fingerprint density at radius 3 is 3.00 bits per heavy atom. The van der Waals surface area contributed by atoms with Gasteiger partial charge in [0.15, 0.2) is 6.29 Å². The molecule has 1 aromatic carbocycles. The number of aliphatic hydroxyl groups is 1. The molecule has 0 atom stereocenters. The highest BCUT2D eigenvalue weighted by Gasteiger charge is 2.12. The Balaban J connectivity index is 2.88. The summed E-state index contributed by atoms with van der Waals surface area (Å²) >= 11 is 1.37. The van der Waals surface area contributed by atoms with Crippen LogP contribution in [0.1, 0.15) is 15.9 Å². The highest BCUT2D eigenvalue weighted by atomic mass is 32.1. The van der Waals surface area contributed by atoms with Crippen LogP contribution in [0.2, 0.25) is 0 Å². The summed E-state index contributed by atoms with van der Waals surface area (Å²) in [5.41, 5.74) is 0.328. The number of hydrogen-bond donors (Lipinski definition) is 1. The van der Waals surface area contributed by atoms with E-state index in [9.17, 15) is 9.18 Å². The number of benzene rings is 1. The number of carbonyl (C=O) groups excluding carboxylic acids is 1. The van der Waals surface area contributed by atoms with Gasteiger partial charge in [-0.25, -0.2) is 4.39 Å². The second kappa shape index (κ2) is 3.48. The molecule has 0 fully saturated rings. The fraction of sp³-hybridized carbons (Fsp3) is 0.100. The second-order valence-corrected chi connectivity index (χ2v) is 3.81. The van der Waals surface area contributed by atoms with Crippen LogP contribution in [0.15, 0.2) is 17.5 Å². The van der Waals surface area contributed by atoms with Crippen LogP contribution in [0.3, 0.4) is 0 Å². The van der Waals surface area contributed by atoms with Crippen LogP contribution >= 0.6 is 11.3 Å². The number of carbonyl (C=O) groups is 1. The largest absolute Gasteiger partial charge is 0.392 e. The van der Waals surface area contributed by atoms with Gasteiger partial charge in [-0.05, 0) is 17.5 Å². The molecule has 2 nitrogen and oxygen atoms in total. The Hall–Kier alpha value is -1.26. The molecule has 0 unspecified atom stereocenters. The van der Waals surface area contributed by atoms with Crippen molar-refractivity contribution in [3.05, 3.63) is 34.5 Å². The summed E-state index contributed by atoms with van der Waals surface area (Å²) in [5, 5.41) is 11.4. The predicted octanol–water partition coefficient (Wildman–Crippen LogP) is 2.35. The molecule has 0 bridgehead atoms. The Kier molecular flexibility index (Phi) is 2.31. The minimum Gasteiger partial charge on any atom is -0.392 e. The normalized spacial score (nSPS) is 10.7. The Morgan fingerprint density at radius 1 is 1.57 bits per heavy atom. The van der Waals surface area contributed by atoms with Gasteiger partial charge in [0.1, 0.15) is 5.82 Å². The maximum Gasteiger partial charge on any atom is 0.151 e. The fourth-order valence-corrected chi connectivity index (χ4v) is 2.27. The summed E-state index contributed by atoms with van der Waals surface area (Å²) in [4.78, 5) is 10.8. The molecule has 0 aliphatic rings. The highest BCUT2D eigenvalue weighted by molar-refractivity contribution is 7.17. The van der Waals surface area contributed by atoms with Crippen LogP contribution in [0.5, 0.6) is 0 Å². The van der Waals surface area contributed by atoms with E-state index in [2.05, 4.69) is 0 Å². The molecule has 0 saturated carbocycles. The number of halogens is 1. The first-order valence-electron chi connectivity index (χ1n) is 4.02. The van der Waals surface area contributed by atoms with Gasteiger partial charge >= 0.3 is 0 Å². The molecule has 4 heteroatoms. The van der Waals surface area contributed by atoms with Crippen molar-refractivity contribution in [1.29, 1.82) is 0 Å². The zero-order valence-corrected chi connectivity index (χ0v) is 7.97. The summed E-state index contributed by atoms with van der Waals surface area (Å²) in [5.74, 6) is -0.524. The third-order valence-electron chi connectivity index (χ3n) is 2.13. The molecule has 2 rings (SSSR count). The minimum atomic E-state index is -0.524. The Morgan fingerprint density at radius 2 is 2.36 bits per heavy atom. The molecule has 0 spiro atoms. The topological polar surface area (TPSA) is 37.3 Å². The van der Waals surface area contributed by atoms with Gasteiger partial charge in [0.2, 0.25) is 0 Å². The first-order chi connectivity index (χ1) is 6.77. The van der Waals surface area contributed by atoms with Gasteiger partial charge in [-0.1, -0.05) is 0 Å². The van der Waals surface area contributed by atoms with Crippen molar-refractivity contribution >= 4 is 27.7 Å². The average Bonchev–Trinajstić information content (AvgIpc) is 2.62. The standard InChI is InChI=1S/C10H7FO2S/c11-9-3-10-6(1-2-14-10)7(4-12)8(9)5-13/h1-4,13H,5H2. The van der Waals surface area contributed by atoms with E-state index in [1.165, 1.54) is 17.4 Å². The molecule has 0 aliphatic heterocycles. The van der Waals surface area contributed by atoms with Crippen molar-refractivity contribution < 1.29 is 14.3 Å². The van der Waals surface area contributed by atoms with E-state index in [0.717, 1.165) is 4.70 Å². The van der Waals surface area contributed by atoms with Crippen LogP contribution in [0, 0.1) is 5.82 Å². The molecule has 2 aromatic rings. The SMILES string of the molecule is O=Cc1c(CO)c(F)cc2sccc12. The van der Waals surface area contributed by atoms with Gasteiger partial charge in [0, 0.05) is 21.2 Å². The van der Waals surface area contributed by atoms with E-state index >= 15 is 0 Å². The molecule has 14 heavy (non-hydrogen) atoms. The molecule has 0 aliphatic carbocycles. The summed E-state index contributed by atoms with van der Waals surface area (Å²) < 4.78 is 14.1. The number of aldehydes is 1. The van der Waals surface area contributed by atoms with Gasteiger partial charge in [0.05, 0.1) is 6.61 Å². The Labute approximate surface area is 83.6 Å². The first kappa shape index (κ1) is 9.30. The van der Waals surface area contributed by atoms with E-state index in [1.54, 1.807) is 11.4 Å². The smallest absolute Gasteiger partial charge is 0.151 e. The van der Waals surface area contributed by atoms with Crippen molar-refractivity contribution in [1.82, 2.24) is 0 Å². The molecular weight excluding hydrogens is 203 g/mol. The fourth-order valence-electron chi connectivity index (χ4n) is 1.44. The van der Waals surface area contributed by atoms with Crippen molar-refractivity contribution in [2.45, 2.75) is 6.61 Å². The molecule has 0 amide bonds. The maximum atomic E-state index is 13.3. The zero-order chi connectivity index (χ0) is 10.1. The van der Waals surface area contributed by atoms with Gasteiger partial charge in [-0.2, -0.15) is 0 Å². The minimum absolute atomic E-state index is 0.0749. The van der Waals surface area contributed by atoms with Gasteiger partial charge in [-0.3, -0.25) is 4.79 Å². The van der Waals surface area contributed by atoms with Crippen LogP contribution in [-0.2, 0) is 6.61 Å². The van der Waals surface area contributed by atoms with E-state index in [1.807, 2.05) is 0 Å². The molecule has 1 aromatic heterocycles. The predicted molar refractivity (Wildman–Crippen MR) is 53.1 cm³/mol. The monoisotopic (exact) mass is 210 g/mol. The zero-order valence-electron chi connectivity index (χ0n) is 7.16. The van der Waals surface area contributed by atoms with Crippen LogP contribution in [-0.4, -0.2) is 11.4 Å². The summed E-state index contributed by atoms with van der Waals surface area (Å²) in [6.45, 7) is -0.453. The number of aliphatic hydroxyl groups excluding tert-OH is 1. The molecule has 1 heterocycles. The third-order valence-corrected chi connectivity index (χ3v) is 3.00. The van der Waals surface area contributed by atoms with Crippen molar-refractivity contribution in [3.63, 3.8) is 0 Å². The van der Waals surface area contributed by atoms with Gasteiger partial charge in [-0.15, -0.1) is 11.3 Å². The summed E-state index contributed by atoms with van der Waals surface area (Å²) in [6.07, 6.45) is 0.587. The lowest BCUT2D eigenvalue weighted by atomic mass is 10.0. The van der Waals surface area contributed by atoms with E-state index in [4.69, 9.17) is 5.11 Å². The average molecular weight is 210 g/mol. The first-order valence-corrected chi connectivity index (χ1v) is 4.90. The van der Waals surface area contributed by atoms with Crippen molar-refractivity contribution in [2.75, 3.05) is 0 Å². The van der Waals surface area contributed by atoms with Gasteiger partial charge < -0.3 is 5.11 Å². The summed E-state index contributed by atoms with van der Waals surface area (Å²) in [6, 6.07) is 3.10. The number of thiophene rings is 1. The molecule has 0 saturated heterocycles. The quantitative estimate of drug-likeness (QED) is 0.772. The molecular formula is C10H7FO2S. The number of hydrogen-bond acceptors (Lipinski definition) is 3. The summed E-state index contributed by atoms with van der Waals surface area (Å²) in [7, 11) is 0. The molecule has 1 N–H and O–H groups in total. The highest BCUT2D eigenvalue weighted by Crippen LogP contribution is 2.28. The second-order valence-electron chi connectivity index (χ2n) is 2.86. The lowest BCUT2D eigenvalue weighted by Crippen LogP contribution is -1.97. The number of rotatable bonds is 2. The van der Waals surface area contributed by atoms with E-state index in [-0.39, 0.29) is 11.1 Å². The van der Waals surface area contributed by atoms with Gasteiger partial charge in [0.25, 0.3) is 0 Å². The van der Waals surface area contributed by atoms with Crippen LogP contribution in [0.25, 0.3) is 10.1 Å².